The van der Waals surface area contributed by atoms with Crippen molar-refractivity contribution in [1.82, 2.24) is 0 Å². The van der Waals surface area contributed by atoms with Gasteiger partial charge in [-0.15, -0.1) is 11.3 Å². The lowest BCUT2D eigenvalue weighted by Crippen LogP contribution is -2.11. The number of anilines is 1. The summed E-state index contributed by atoms with van der Waals surface area (Å²) in [5.41, 5.74) is -0.0335. The lowest BCUT2D eigenvalue weighted by molar-refractivity contribution is -0.384. The van der Waals surface area contributed by atoms with E-state index in [4.69, 9.17) is 11.6 Å². The summed E-state index contributed by atoms with van der Waals surface area (Å²) >= 11 is 6.83. The Kier molecular flexibility index (Phi) is 3.97. The van der Waals surface area contributed by atoms with E-state index in [-0.39, 0.29) is 16.4 Å². The fraction of sp³-hybridized carbons (Fsp3) is 0. The van der Waals surface area contributed by atoms with Gasteiger partial charge < -0.3 is 5.32 Å². The molecule has 0 aliphatic rings. The minimum Gasteiger partial charge on any atom is -0.319 e. The number of thiophene rings is 1. The predicted molar refractivity (Wildman–Crippen MR) is 87.8 cm³/mol. The van der Waals surface area contributed by atoms with Crippen LogP contribution in [0.2, 0.25) is 5.02 Å². The zero-order valence-electron chi connectivity index (χ0n) is 11.4. The molecule has 0 fully saturated rings. The number of nitro groups is 1. The van der Waals surface area contributed by atoms with Crippen LogP contribution in [0.1, 0.15) is 9.67 Å². The number of carbonyl (C=O) groups is 1. The van der Waals surface area contributed by atoms with Crippen molar-refractivity contribution >= 4 is 50.3 Å². The van der Waals surface area contributed by atoms with Crippen LogP contribution in [0.15, 0.2) is 42.5 Å². The third-order valence-corrected chi connectivity index (χ3v) is 4.46. The molecule has 1 amide bonds. The number of hydrogen-bond donors (Lipinski definition) is 1. The summed E-state index contributed by atoms with van der Waals surface area (Å²) in [4.78, 5) is 22.8. The van der Waals surface area contributed by atoms with Gasteiger partial charge in [0.15, 0.2) is 0 Å². The molecule has 1 N–H and O–H groups in total. The highest BCUT2D eigenvalue weighted by Crippen LogP contribution is 2.29. The van der Waals surface area contributed by atoms with Crippen LogP contribution >= 0.6 is 22.9 Å². The summed E-state index contributed by atoms with van der Waals surface area (Å²) in [6.45, 7) is 0. The minimum atomic E-state index is -0.636. The monoisotopic (exact) mass is 350 g/mol. The Balaban J connectivity index is 1.90. The van der Waals surface area contributed by atoms with E-state index >= 15 is 0 Å². The number of benzene rings is 2. The fourth-order valence-electron chi connectivity index (χ4n) is 2.03. The smallest absolute Gasteiger partial charge is 0.270 e. The molecule has 8 heteroatoms. The van der Waals surface area contributed by atoms with Gasteiger partial charge in [-0.3, -0.25) is 14.9 Å². The van der Waals surface area contributed by atoms with Crippen molar-refractivity contribution in [2.75, 3.05) is 5.32 Å². The van der Waals surface area contributed by atoms with Gasteiger partial charge in [-0.2, -0.15) is 0 Å². The predicted octanol–water partition coefficient (Wildman–Crippen LogP) is 4.85. The third-order valence-electron chi connectivity index (χ3n) is 3.11. The van der Waals surface area contributed by atoms with E-state index < -0.39 is 16.6 Å². The molecule has 5 nitrogen and oxygen atoms in total. The van der Waals surface area contributed by atoms with Crippen LogP contribution in [-0.4, -0.2) is 10.8 Å². The molecular formula is C15H8ClFN2O3S. The molecule has 0 spiro atoms. The molecule has 1 aromatic heterocycles. The van der Waals surface area contributed by atoms with Crippen LogP contribution in [0.3, 0.4) is 0 Å². The Hall–Kier alpha value is -2.51. The Morgan fingerprint density at radius 1 is 1.22 bits per heavy atom. The number of amides is 1. The minimum absolute atomic E-state index is 0.0165. The van der Waals surface area contributed by atoms with Crippen LogP contribution in [0.4, 0.5) is 15.8 Å². The molecule has 0 aliphatic heterocycles. The van der Waals surface area contributed by atoms with Crippen molar-refractivity contribution < 1.29 is 14.1 Å². The zero-order valence-corrected chi connectivity index (χ0v) is 13.0. The van der Waals surface area contributed by atoms with Crippen LogP contribution in [-0.2, 0) is 0 Å². The van der Waals surface area contributed by atoms with Crippen LogP contribution in [0.5, 0.6) is 0 Å². The maximum absolute atomic E-state index is 13.7. The van der Waals surface area contributed by atoms with Crippen molar-refractivity contribution in [3.8, 4) is 0 Å². The molecule has 1 heterocycles. The van der Waals surface area contributed by atoms with Crippen molar-refractivity contribution in [3.05, 3.63) is 68.3 Å². The van der Waals surface area contributed by atoms with Gasteiger partial charge in [0, 0.05) is 27.2 Å². The molecule has 116 valence electrons. The first-order chi connectivity index (χ1) is 10.9. The standard InChI is InChI=1S/C15H8ClFN2O3S/c16-9-1-3-12(11(17)7-9)18-15(20)14-6-8-5-10(19(21)22)2-4-13(8)23-14/h1-7H,(H,18,20). The summed E-state index contributed by atoms with van der Waals surface area (Å²) in [7, 11) is 0. The lowest BCUT2D eigenvalue weighted by atomic mass is 10.2. The first kappa shape index (κ1) is 15.4. The molecule has 2 aromatic carbocycles. The summed E-state index contributed by atoms with van der Waals surface area (Å²) in [5.74, 6) is -1.13. The normalized spacial score (nSPS) is 10.7. The van der Waals surface area contributed by atoms with E-state index in [1.807, 2.05) is 0 Å². The number of carbonyl (C=O) groups excluding carboxylic acids is 1. The van der Waals surface area contributed by atoms with Crippen LogP contribution < -0.4 is 5.32 Å². The van der Waals surface area contributed by atoms with E-state index in [2.05, 4.69) is 5.32 Å². The van der Waals surface area contributed by atoms with Crippen molar-refractivity contribution in [3.63, 3.8) is 0 Å². The number of nitro benzene ring substituents is 1. The molecular weight excluding hydrogens is 343 g/mol. The first-order valence-corrected chi connectivity index (χ1v) is 7.58. The van der Waals surface area contributed by atoms with Gasteiger partial charge in [0.25, 0.3) is 11.6 Å². The van der Waals surface area contributed by atoms with Crippen molar-refractivity contribution in [2.24, 2.45) is 0 Å². The van der Waals surface area contributed by atoms with E-state index in [0.29, 0.717) is 10.3 Å². The summed E-state index contributed by atoms with van der Waals surface area (Å²) < 4.78 is 14.4. The van der Waals surface area contributed by atoms with Crippen molar-refractivity contribution in [1.29, 1.82) is 0 Å². The van der Waals surface area contributed by atoms with E-state index in [9.17, 15) is 19.3 Å². The summed E-state index contributed by atoms with van der Waals surface area (Å²) in [6.07, 6.45) is 0. The first-order valence-electron chi connectivity index (χ1n) is 6.38. The van der Waals surface area contributed by atoms with Gasteiger partial charge >= 0.3 is 0 Å². The highest BCUT2D eigenvalue weighted by molar-refractivity contribution is 7.20. The topological polar surface area (TPSA) is 72.2 Å². The van der Waals surface area contributed by atoms with Gasteiger partial charge in [0.2, 0.25) is 0 Å². The quantitative estimate of drug-likeness (QED) is 0.542. The molecule has 3 rings (SSSR count). The zero-order chi connectivity index (χ0) is 16.6. The summed E-state index contributed by atoms with van der Waals surface area (Å²) in [5, 5.41) is 14.0. The lowest BCUT2D eigenvalue weighted by Gasteiger charge is -2.04. The molecule has 0 bridgehead atoms. The van der Waals surface area contributed by atoms with Crippen LogP contribution in [0, 0.1) is 15.9 Å². The van der Waals surface area contributed by atoms with E-state index in [0.717, 1.165) is 10.8 Å². The Labute approximate surface area is 138 Å². The van der Waals surface area contributed by atoms with Gasteiger partial charge in [-0.1, -0.05) is 11.6 Å². The largest absolute Gasteiger partial charge is 0.319 e. The molecule has 0 radical (unpaired) electrons. The average Bonchev–Trinajstić information content (AvgIpc) is 2.93. The Morgan fingerprint density at radius 2 is 2.00 bits per heavy atom. The number of fused-ring (bicyclic) bond motifs is 1. The highest BCUT2D eigenvalue weighted by Gasteiger charge is 2.15. The molecule has 3 aromatic rings. The number of nitrogens with one attached hydrogen (secondary N) is 1. The fourth-order valence-corrected chi connectivity index (χ4v) is 3.13. The van der Waals surface area contributed by atoms with Crippen molar-refractivity contribution in [2.45, 2.75) is 0 Å². The number of halogens is 2. The van der Waals surface area contributed by atoms with E-state index in [1.54, 1.807) is 6.07 Å². The highest BCUT2D eigenvalue weighted by atomic mass is 35.5. The summed E-state index contributed by atoms with van der Waals surface area (Å²) in [6, 6.07) is 9.83. The number of rotatable bonds is 3. The molecule has 0 unspecified atom stereocenters. The van der Waals surface area contributed by atoms with Crippen LogP contribution in [0.25, 0.3) is 10.1 Å². The Bertz CT molecular complexity index is 942. The maximum Gasteiger partial charge on any atom is 0.270 e. The SMILES string of the molecule is O=C(Nc1ccc(Cl)cc1F)c1cc2cc([N+](=O)[O-])ccc2s1. The second-order valence-electron chi connectivity index (χ2n) is 4.67. The number of hydrogen-bond acceptors (Lipinski definition) is 4. The maximum atomic E-state index is 13.7. The van der Waals surface area contributed by atoms with Gasteiger partial charge in [-0.25, -0.2) is 4.39 Å². The second kappa shape index (κ2) is 5.94. The number of non-ortho nitro benzene ring substituents is 1. The Morgan fingerprint density at radius 3 is 2.70 bits per heavy atom. The number of nitrogens with zero attached hydrogens (tertiary/aromatic N) is 1. The molecule has 0 atom stereocenters. The van der Waals surface area contributed by atoms with Gasteiger partial charge in [-0.05, 0) is 30.3 Å². The molecule has 0 saturated carbocycles. The molecule has 23 heavy (non-hydrogen) atoms. The van der Waals surface area contributed by atoms with Gasteiger partial charge in [0.05, 0.1) is 15.5 Å². The molecule has 0 aliphatic carbocycles. The molecule has 0 saturated heterocycles. The van der Waals surface area contributed by atoms with E-state index in [1.165, 1.54) is 41.7 Å². The third kappa shape index (κ3) is 3.15. The average molecular weight is 351 g/mol. The second-order valence-corrected chi connectivity index (χ2v) is 6.19. The van der Waals surface area contributed by atoms with Gasteiger partial charge in [0.1, 0.15) is 5.82 Å².